The zero-order chi connectivity index (χ0) is 17.9. The Hall–Kier alpha value is -2.15. The SMILES string of the molecule is COCCCCC(=O)NC[C@@H](Cc1ccc(O)c(F)c1)C(=O)OC. The smallest absolute Gasteiger partial charge is 0.310 e. The number of hydrogen-bond donors (Lipinski definition) is 2. The number of carbonyl (C=O) groups is 2. The summed E-state index contributed by atoms with van der Waals surface area (Å²) in [6, 6.07) is 3.92. The van der Waals surface area contributed by atoms with E-state index in [1.807, 2.05) is 0 Å². The van der Waals surface area contributed by atoms with Crippen molar-refractivity contribution in [3.63, 3.8) is 0 Å². The van der Waals surface area contributed by atoms with Gasteiger partial charge in [-0.1, -0.05) is 6.07 Å². The van der Waals surface area contributed by atoms with Gasteiger partial charge in [0.05, 0.1) is 13.0 Å². The Morgan fingerprint density at radius 3 is 2.67 bits per heavy atom. The largest absolute Gasteiger partial charge is 0.505 e. The van der Waals surface area contributed by atoms with E-state index in [-0.39, 0.29) is 18.9 Å². The topological polar surface area (TPSA) is 84.9 Å². The molecule has 1 aromatic carbocycles. The van der Waals surface area contributed by atoms with Crippen LogP contribution in [0.5, 0.6) is 5.75 Å². The van der Waals surface area contributed by atoms with Crippen molar-refractivity contribution in [2.75, 3.05) is 27.4 Å². The average molecular weight is 341 g/mol. The lowest BCUT2D eigenvalue weighted by Crippen LogP contribution is -2.34. The standard InChI is InChI=1S/C17H24FNO5/c1-23-8-4-3-5-16(21)19-11-13(17(22)24-2)9-12-6-7-15(20)14(18)10-12/h6-7,10,13,20H,3-5,8-9,11H2,1-2H3,(H,19,21)/t13-/m1/s1. The predicted molar refractivity (Wildman–Crippen MR) is 86.0 cm³/mol. The Labute approximate surface area is 141 Å². The fraction of sp³-hybridized carbons (Fsp3) is 0.529. The maximum absolute atomic E-state index is 13.4. The van der Waals surface area contributed by atoms with Gasteiger partial charge >= 0.3 is 5.97 Å². The molecule has 0 aromatic heterocycles. The first-order valence-electron chi connectivity index (χ1n) is 7.78. The van der Waals surface area contributed by atoms with E-state index in [2.05, 4.69) is 5.32 Å². The highest BCUT2D eigenvalue weighted by Gasteiger charge is 2.21. The average Bonchev–Trinajstić information content (AvgIpc) is 2.57. The number of phenolic OH excluding ortho intramolecular Hbond substituents is 1. The van der Waals surface area contributed by atoms with Crippen molar-refractivity contribution < 1.29 is 28.6 Å². The van der Waals surface area contributed by atoms with Crippen molar-refractivity contribution >= 4 is 11.9 Å². The van der Waals surface area contributed by atoms with Crippen LogP contribution in [0.3, 0.4) is 0 Å². The summed E-state index contributed by atoms with van der Waals surface area (Å²) in [7, 11) is 2.87. The second-order valence-electron chi connectivity index (χ2n) is 5.46. The van der Waals surface area contributed by atoms with Gasteiger partial charge in [0, 0.05) is 26.7 Å². The summed E-state index contributed by atoms with van der Waals surface area (Å²) in [6.07, 6.45) is 2.04. The van der Waals surface area contributed by atoms with E-state index >= 15 is 0 Å². The summed E-state index contributed by atoms with van der Waals surface area (Å²) >= 11 is 0. The molecule has 134 valence electrons. The number of amides is 1. The molecular weight excluding hydrogens is 317 g/mol. The normalized spacial score (nSPS) is 11.8. The first-order chi connectivity index (χ1) is 11.5. The van der Waals surface area contributed by atoms with Crippen molar-refractivity contribution in [1.29, 1.82) is 0 Å². The third kappa shape index (κ3) is 6.95. The van der Waals surface area contributed by atoms with E-state index in [9.17, 15) is 19.1 Å². The van der Waals surface area contributed by atoms with Crippen LogP contribution >= 0.6 is 0 Å². The Morgan fingerprint density at radius 2 is 2.04 bits per heavy atom. The molecule has 1 amide bonds. The molecule has 0 bridgehead atoms. The lowest BCUT2D eigenvalue weighted by Gasteiger charge is -2.16. The van der Waals surface area contributed by atoms with Crippen LogP contribution < -0.4 is 5.32 Å². The van der Waals surface area contributed by atoms with Gasteiger partial charge in [0.25, 0.3) is 0 Å². The van der Waals surface area contributed by atoms with Crippen LogP contribution in [0.15, 0.2) is 18.2 Å². The lowest BCUT2D eigenvalue weighted by molar-refractivity contribution is -0.145. The van der Waals surface area contributed by atoms with Crippen molar-refractivity contribution in [2.24, 2.45) is 5.92 Å². The quantitative estimate of drug-likeness (QED) is 0.501. The minimum atomic E-state index is -0.752. The number of aromatic hydroxyl groups is 1. The van der Waals surface area contributed by atoms with Crippen LogP contribution in [-0.2, 0) is 25.5 Å². The molecule has 0 spiro atoms. The number of nitrogens with one attached hydrogen (secondary N) is 1. The van der Waals surface area contributed by atoms with E-state index in [4.69, 9.17) is 9.47 Å². The molecule has 0 saturated carbocycles. The third-order valence-corrected chi connectivity index (χ3v) is 3.58. The number of methoxy groups -OCH3 is 2. The molecule has 2 N–H and O–H groups in total. The predicted octanol–water partition coefficient (Wildman–Crippen LogP) is 1.80. The van der Waals surface area contributed by atoms with Gasteiger partial charge in [-0.2, -0.15) is 0 Å². The van der Waals surface area contributed by atoms with Gasteiger partial charge in [0.1, 0.15) is 0 Å². The minimum absolute atomic E-state index is 0.109. The summed E-state index contributed by atoms with van der Waals surface area (Å²) in [5.41, 5.74) is 0.537. The van der Waals surface area contributed by atoms with Crippen molar-refractivity contribution in [2.45, 2.75) is 25.7 Å². The lowest BCUT2D eigenvalue weighted by atomic mass is 9.99. The molecule has 0 heterocycles. The molecule has 0 unspecified atom stereocenters. The second kappa shape index (κ2) is 10.6. The Balaban J connectivity index is 2.54. The van der Waals surface area contributed by atoms with Gasteiger partial charge in [-0.25, -0.2) is 4.39 Å². The van der Waals surface area contributed by atoms with E-state index in [0.29, 0.717) is 25.0 Å². The summed E-state index contributed by atoms with van der Waals surface area (Å²) in [5.74, 6) is -2.46. The Morgan fingerprint density at radius 1 is 1.29 bits per heavy atom. The van der Waals surface area contributed by atoms with Crippen LogP contribution in [0.1, 0.15) is 24.8 Å². The van der Waals surface area contributed by atoms with Crippen molar-refractivity contribution in [3.05, 3.63) is 29.6 Å². The number of esters is 1. The Kier molecular flexibility index (Phi) is 8.78. The monoisotopic (exact) mass is 341 g/mol. The highest BCUT2D eigenvalue weighted by molar-refractivity contribution is 5.78. The maximum atomic E-state index is 13.4. The molecule has 6 nitrogen and oxygen atoms in total. The van der Waals surface area contributed by atoms with Gasteiger partial charge in [-0.15, -0.1) is 0 Å². The summed E-state index contributed by atoms with van der Waals surface area (Å²) < 4.78 is 23.0. The molecule has 0 aliphatic rings. The molecule has 0 aliphatic heterocycles. The molecule has 1 aromatic rings. The number of hydrogen-bond acceptors (Lipinski definition) is 5. The molecule has 24 heavy (non-hydrogen) atoms. The van der Waals surface area contributed by atoms with E-state index in [1.165, 1.54) is 19.2 Å². The molecule has 0 fully saturated rings. The highest BCUT2D eigenvalue weighted by atomic mass is 19.1. The zero-order valence-corrected chi connectivity index (χ0v) is 14.0. The van der Waals surface area contributed by atoms with Gasteiger partial charge in [0.15, 0.2) is 11.6 Å². The number of halogens is 1. The second-order valence-corrected chi connectivity index (χ2v) is 5.46. The number of rotatable bonds is 10. The summed E-state index contributed by atoms with van der Waals surface area (Å²) in [4.78, 5) is 23.6. The van der Waals surface area contributed by atoms with Crippen molar-refractivity contribution in [3.8, 4) is 5.75 Å². The number of phenols is 1. The number of ether oxygens (including phenoxy) is 2. The summed E-state index contributed by atoms with van der Waals surface area (Å²) in [6.45, 7) is 0.711. The van der Waals surface area contributed by atoms with E-state index in [1.54, 1.807) is 7.11 Å². The molecule has 0 radical (unpaired) electrons. The third-order valence-electron chi connectivity index (χ3n) is 3.58. The van der Waals surface area contributed by atoms with E-state index < -0.39 is 23.5 Å². The van der Waals surface area contributed by atoms with E-state index in [0.717, 1.165) is 12.5 Å². The van der Waals surface area contributed by atoms with Gasteiger partial charge < -0.3 is 19.9 Å². The van der Waals surface area contributed by atoms with Crippen molar-refractivity contribution in [1.82, 2.24) is 5.32 Å². The highest BCUT2D eigenvalue weighted by Crippen LogP contribution is 2.19. The van der Waals surface area contributed by atoms with Crippen LogP contribution in [-0.4, -0.2) is 44.4 Å². The minimum Gasteiger partial charge on any atom is -0.505 e. The van der Waals surface area contributed by atoms with Crippen LogP contribution in [0.25, 0.3) is 0 Å². The summed E-state index contributed by atoms with van der Waals surface area (Å²) in [5, 5.41) is 11.9. The maximum Gasteiger partial charge on any atom is 0.310 e. The molecule has 1 atom stereocenters. The first kappa shape index (κ1) is 19.9. The first-order valence-corrected chi connectivity index (χ1v) is 7.78. The molecule has 0 aliphatic carbocycles. The fourth-order valence-corrected chi connectivity index (χ4v) is 2.22. The molecule has 7 heteroatoms. The zero-order valence-electron chi connectivity index (χ0n) is 14.0. The number of unbranched alkanes of at least 4 members (excludes halogenated alkanes) is 1. The van der Waals surface area contributed by atoms with Gasteiger partial charge in [-0.3, -0.25) is 9.59 Å². The molecule has 1 rings (SSSR count). The van der Waals surface area contributed by atoms with Gasteiger partial charge in [-0.05, 0) is 37.0 Å². The van der Waals surface area contributed by atoms with Crippen LogP contribution in [0, 0.1) is 11.7 Å². The van der Waals surface area contributed by atoms with Crippen LogP contribution in [0.2, 0.25) is 0 Å². The number of benzene rings is 1. The van der Waals surface area contributed by atoms with Crippen LogP contribution in [0.4, 0.5) is 4.39 Å². The number of carbonyl (C=O) groups excluding carboxylic acids is 2. The molecular formula is C17H24FNO5. The Bertz CT molecular complexity index is 550. The van der Waals surface area contributed by atoms with Gasteiger partial charge in [0.2, 0.25) is 5.91 Å². The fourth-order valence-electron chi connectivity index (χ4n) is 2.22. The molecule has 0 saturated heterocycles.